The van der Waals surface area contributed by atoms with Crippen LogP contribution >= 0.6 is 11.6 Å². The topological polar surface area (TPSA) is 43.8 Å². The first-order valence-corrected chi connectivity index (χ1v) is 6.84. The molecule has 4 heteroatoms. The highest BCUT2D eigenvalue weighted by atomic mass is 35.5. The van der Waals surface area contributed by atoms with Crippen LogP contribution < -0.4 is 5.73 Å². The van der Waals surface area contributed by atoms with Crippen molar-refractivity contribution in [3.8, 4) is 11.4 Å². The zero-order valence-electron chi connectivity index (χ0n) is 11.7. The molecule has 0 amide bonds. The molecule has 3 rings (SSSR count). The molecule has 102 valence electrons. The molecule has 3 nitrogen and oxygen atoms in total. The summed E-state index contributed by atoms with van der Waals surface area (Å²) < 4.78 is 2.05. The smallest absolute Gasteiger partial charge is 0.142 e. The molecule has 3 aromatic rings. The van der Waals surface area contributed by atoms with E-state index in [-0.39, 0.29) is 0 Å². The number of aryl methyl sites for hydroxylation is 3. The molecule has 2 aromatic carbocycles. The molecule has 1 heterocycles. The van der Waals surface area contributed by atoms with Gasteiger partial charge in [-0.2, -0.15) is 0 Å². The van der Waals surface area contributed by atoms with Gasteiger partial charge in [-0.05, 0) is 49.2 Å². The number of aromatic nitrogens is 2. The summed E-state index contributed by atoms with van der Waals surface area (Å²) >= 11 is 6.03. The van der Waals surface area contributed by atoms with Crippen molar-refractivity contribution < 1.29 is 0 Å². The highest BCUT2D eigenvalue weighted by Gasteiger charge is 2.14. The van der Waals surface area contributed by atoms with Gasteiger partial charge in [-0.3, -0.25) is 0 Å². The molecule has 0 atom stereocenters. The summed E-state index contributed by atoms with van der Waals surface area (Å²) in [5, 5.41) is 0.690. The molecule has 0 spiro atoms. The lowest BCUT2D eigenvalue weighted by atomic mass is 10.0. The van der Waals surface area contributed by atoms with Gasteiger partial charge in [-0.15, -0.1) is 0 Å². The Hall–Kier alpha value is -2.00. The average molecular weight is 286 g/mol. The normalized spacial score (nSPS) is 11.2. The zero-order valence-corrected chi connectivity index (χ0v) is 12.5. The standard InChI is InChI=1S/C16H16ClN3/c1-9-6-10(2)15(18)12(7-9)16-19-13-8-11(17)4-5-14(13)20(16)3/h4-8H,18H2,1-3H3. The molecule has 0 aliphatic carbocycles. The van der Waals surface area contributed by atoms with Crippen LogP contribution in [-0.4, -0.2) is 9.55 Å². The molecular weight excluding hydrogens is 270 g/mol. The molecule has 0 aliphatic rings. The summed E-state index contributed by atoms with van der Waals surface area (Å²) in [5.74, 6) is 0.867. The molecule has 0 radical (unpaired) electrons. The van der Waals surface area contributed by atoms with Gasteiger partial charge in [0.25, 0.3) is 0 Å². The summed E-state index contributed by atoms with van der Waals surface area (Å²) in [6.07, 6.45) is 0. The molecule has 0 unspecified atom stereocenters. The lowest BCUT2D eigenvalue weighted by Gasteiger charge is -2.10. The van der Waals surface area contributed by atoms with E-state index in [0.717, 1.165) is 33.7 Å². The summed E-state index contributed by atoms with van der Waals surface area (Å²) in [5.41, 5.74) is 12.2. The number of nitrogens with zero attached hydrogens (tertiary/aromatic N) is 2. The van der Waals surface area contributed by atoms with Crippen LogP contribution in [0.15, 0.2) is 30.3 Å². The Bertz CT molecular complexity index is 818. The van der Waals surface area contributed by atoms with Gasteiger partial charge in [0, 0.05) is 23.3 Å². The first kappa shape index (κ1) is 13.0. The first-order valence-electron chi connectivity index (χ1n) is 6.46. The first-order chi connectivity index (χ1) is 9.47. The van der Waals surface area contributed by atoms with Crippen LogP contribution in [0.2, 0.25) is 5.02 Å². The highest BCUT2D eigenvalue weighted by Crippen LogP contribution is 2.31. The predicted octanol–water partition coefficient (Wildman–Crippen LogP) is 4.09. The van der Waals surface area contributed by atoms with Gasteiger partial charge in [0.1, 0.15) is 5.82 Å². The Kier molecular flexibility index (Phi) is 2.94. The Morgan fingerprint density at radius 1 is 1.15 bits per heavy atom. The van der Waals surface area contributed by atoms with Gasteiger partial charge >= 0.3 is 0 Å². The van der Waals surface area contributed by atoms with Crippen molar-refractivity contribution >= 4 is 28.3 Å². The summed E-state index contributed by atoms with van der Waals surface area (Å²) in [6.45, 7) is 4.08. The van der Waals surface area contributed by atoms with Crippen LogP contribution in [0.4, 0.5) is 5.69 Å². The van der Waals surface area contributed by atoms with E-state index in [1.165, 1.54) is 5.56 Å². The number of benzene rings is 2. The number of halogens is 1. The van der Waals surface area contributed by atoms with E-state index in [9.17, 15) is 0 Å². The lowest BCUT2D eigenvalue weighted by Crippen LogP contribution is -1.99. The van der Waals surface area contributed by atoms with E-state index >= 15 is 0 Å². The van der Waals surface area contributed by atoms with E-state index in [0.29, 0.717) is 5.02 Å². The van der Waals surface area contributed by atoms with Gasteiger partial charge in [-0.1, -0.05) is 17.7 Å². The van der Waals surface area contributed by atoms with E-state index in [1.807, 2.05) is 32.2 Å². The summed E-state index contributed by atoms with van der Waals surface area (Å²) in [6, 6.07) is 9.88. The second kappa shape index (κ2) is 4.53. The van der Waals surface area contributed by atoms with E-state index in [2.05, 4.69) is 28.6 Å². The zero-order chi connectivity index (χ0) is 14.4. The third-order valence-corrected chi connectivity index (χ3v) is 3.85. The van der Waals surface area contributed by atoms with Crippen molar-refractivity contribution in [3.63, 3.8) is 0 Å². The minimum atomic E-state index is 0.690. The number of hydrogen-bond donors (Lipinski definition) is 1. The minimum absolute atomic E-state index is 0.690. The molecule has 0 bridgehead atoms. The number of fused-ring (bicyclic) bond motifs is 1. The number of rotatable bonds is 1. The highest BCUT2D eigenvalue weighted by molar-refractivity contribution is 6.31. The van der Waals surface area contributed by atoms with Crippen molar-refractivity contribution in [2.24, 2.45) is 7.05 Å². The molecular formula is C16H16ClN3. The third kappa shape index (κ3) is 1.95. The van der Waals surface area contributed by atoms with Crippen LogP contribution in [0.25, 0.3) is 22.4 Å². The Balaban J connectivity index is 2.32. The number of nitrogens with two attached hydrogens (primary N) is 1. The largest absolute Gasteiger partial charge is 0.398 e. The third-order valence-electron chi connectivity index (χ3n) is 3.61. The van der Waals surface area contributed by atoms with Crippen LogP contribution in [0, 0.1) is 13.8 Å². The summed E-state index contributed by atoms with van der Waals surface area (Å²) in [4.78, 5) is 4.68. The SMILES string of the molecule is Cc1cc(C)c(N)c(-c2nc3cc(Cl)ccc3n2C)c1. The maximum atomic E-state index is 6.22. The average Bonchev–Trinajstić information content (AvgIpc) is 2.70. The van der Waals surface area contributed by atoms with Crippen molar-refractivity contribution in [1.29, 1.82) is 0 Å². The Morgan fingerprint density at radius 2 is 1.90 bits per heavy atom. The Morgan fingerprint density at radius 3 is 2.65 bits per heavy atom. The monoisotopic (exact) mass is 285 g/mol. The van der Waals surface area contributed by atoms with Crippen molar-refractivity contribution in [2.45, 2.75) is 13.8 Å². The minimum Gasteiger partial charge on any atom is -0.398 e. The number of anilines is 1. The number of imidazole rings is 1. The fraction of sp³-hybridized carbons (Fsp3) is 0.188. The molecule has 0 saturated heterocycles. The van der Waals surface area contributed by atoms with Gasteiger partial charge in [0.2, 0.25) is 0 Å². The fourth-order valence-corrected chi connectivity index (χ4v) is 2.74. The van der Waals surface area contributed by atoms with Crippen LogP contribution in [-0.2, 0) is 7.05 Å². The molecule has 0 aliphatic heterocycles. The lowest BCUT2D eigenvalue weighted by molar-refractivity contribution is 0.959. The van der Waals surface area contributed by atoms with Crippen LogP contribution in [0.5, 0.6) is 0 Å². The van der Waals surface area contributed by atoms with Gasteiger partial charge in [0.05, 0.1) is 11.0 Å². The molecule has 0 saturated carbocycles. The van der Waals surface area contributed by atoms with E-state index < -0.39 is 0 Å². The van der Waals surface area contributed by atoms with Crippen LogP contribution in [0.3, 0.4) is 0 Å². The second-order valence-corrected chi connectivity index (χ2v) is 5.61. The summed E-state index contributed by atoms with van der Waals surface area (Å²) in [7, 11) is 2.00. The van der Waals surface area contributed by atoms with Crippen LogP contribution in [0.1, 0.15) is 11.1 Å². The Labute approximate surface area is 123 Å². The quantitative estimate of drug-likeness (QED) is 0.684. The second-order valence-electron chi connectivity index (χ2n) is 5.17. The van der Waals surface area contributed by atoms with E-state index in [4.69, 9.17) is 17.3 Å². The van der Waals surface area contributed by atoms with E-state index in [1.54, 1.807) is 0 Å². The van der Waals surface area contributed by atoms with Gasteiger partial charge in [0.15, 0.2) is 0 Å². The van der Waals surface area contributed by atoms with Gasteiger partial charge in [-0.25, -0.2) is 4.98 Å². The molecule has 20 heavy (non-hydrogen) atoms. The number of nitrogen functional groups attached to an aromatic ring is 1. The van der Waals surface area contributed by atoms with Crippen molar-refractivity contribution in [3.05, 3.63) is 46.5 Å². The maximum absolute atomic E-state index is 6.22. The van der Waals surface area contributed by atoms with Crippen molar-refractivity contribution in [2.75, 3.05) is 5.73 Å². The van der Waals surface area contributed by atoms with Gasteiger partial charge < -0.3 is 10.3 Å². The molecule has 2 N–H and O–H groups in total. The maximum Gasteiger partial charge on any atom is 0.142 e. The number of hydrogen-bond acceptors (Lipinski definition) is 2. The molecule has 1 aromatic heterocycles. The fourth-order valence-electron chi connectivity index (χ4n) is 2.58. The predicted molar refractivity (Wildman–Crippen MR) is 85.0 cm³/mol. The van der Waals surface area contributed by atoms with Crippen molar-refractivity contribution in [1.82, 2.24) is 9.55 Å². The molecule has 0 fully saturated rings.